The number of nitrogens with two attached hydrogens (primary N) is 1. The maximum Gasteiger partial charge on any atom is 0.311 e. The molecule has 0 amide bonds. The quantitative estimate of drug-likeness (QED) is 0.806. The molecule has 1 aromatic carbocycles. The Bertz CT molecular complexity index is 946. The predicted molar refractivity (Wildman–Crippen MR) is 84.6 cm³/mol. The smallest absolute Gasteiger partial charge is 0.311 e. The Morgan fingerprint density at radius 1 is 1.46 bits per heavy atom. The summed E-state index contributed by atoms with van der Waals surface area (Å²) in [6, 6.07) is 5.19. The van der Waals surface area contributed by atoms with Crippen LogP contribution in [0.2, 0.25) is 0 Å². The van der Waals surface area contributed by atoms with E-state index in [9.17, 15) is 18.8 Å². The number of nitrogens with one attached hydrogen (secondary N) is 1. The average Bonchev–Trinajstić information content (AvgIpc) is 2.98. The lowest BCUT2D eigenvalue weighted by atomic mass is 9.83. The molecule has 1 aliphatic rings. The number of carbonyl (C=O) groups excluding carboxylic acids is 1. The number of ether oxygens (including phenoxy) is 2. The van der Waals surface area contributed by atoms with Gasteiger partial charge in [0, 0.05) is 0 Å². The van der Waals surface area contributed by atoms with Crippen molar-refractivity contribution in [2.75, 3.05) is 6.61 Å². The summed E-state index contributed by atoms with van der Waals surface area (Å²) in [5.41, 5.74) is 6.76. The van der Waals surface area contributed by atoms with E-state index in [0.717, 1.165) is 12.1 Å². The van der Waals surface area contributed by atoms with Crippen molar-refractivity contribution in [3.63, 3.8) is 0 Å². The first-order valence-corrected chi connectivity index (χ1v) is 7.71. The van der Waals surface area contributed by atoms with Crippen LogP contribution in [0.4, 0.5) is 8.78 Å². The molecule has 134 valence electrons. The van der Waals surface area contributed by atoms with Gasteiger partial charge in [-0.15, -0.1) is 5.10 Å². The van der Waals surface area contributed by atoms with Crippen molar-refractivity contribution < 1.29 is 23.0 Å². The minimum Gasteiger partial charge on any atom is -0.466 e. The fraction of sp³-hybridized carbons (Fsp3) is 0.235. The van der Waals surface area contributed by atoms with E-state index in [1.54, 1.807) is 6.92 Å². The third kappa shape index (κ3) is 2.97. The molecule has 2 heterocycles. The molecule has 9 heteroatoms. The summed E-state index contributed by atoms with van der Waals surface area (Å²) in [5.74, 6) is -3.58. The number of hydrogen-bond donors (Lipinski definition) is 2. The molecular formula is C17H14F2N4O3. The summed E-state index contributed by atoms with van der Waals surface area (Å²) in [7, 11) is 0. The van der Waals surface area contributed by atoms with Gasteiger partial charge in [-0.3, -0.25) is 9.89 Å². The van der Waals surface area contributed by atoms with E-state index >= 15 is 0 Å². The van der Waals surface area contributed by atoms with Crippen LogP contribution in [-0.4, -0.2) is 22.8 Å². The molecule has 1 atom stereocenters. The second kappa shape index (κ2) is 6.84. The van der Waals surface area contributed by atoms with Gasteiger partial charge in [0.15, 0.2) is 11.6 Å². The topological polar surface area (TPSA) is 114 Å². The second-order valence-electron chi connectivity index (χ2n) is 5.50. The SMILES string of the molecule is CCOC(=O)Cc1[nH]nc2c1C(c1ccc(F)c(F)c1)C(C#N)=C(N)O2. The van der Waals surface area contributed by atoms with Crippen molar-refractivity contribution in [1.29, 1.82) is 5.26 Å². The number of carbonyl (C=O) groups is 1. The largest absolute Gasteiger partial charge is 0.466 e. The zero-order chi connectivity index (χ0) is 18.8. The molecule has 7 nitrogen and oxygen atoms in total. The molecule has 0 saturated heterocycles. The monoisotopic (exact) mass is 360 g/mol. The summed E-state index contributed by atoms with van der Waals surface area (Å²) in [5, 5.41) is 16.1. The van der Waals surface area contributed by atoms with Gasteiger partial charge in [-0.1, -0.05) is 6.07 Å². The number of aromatic nitrogens is 2. The van der Waals surface area contributed by atoms with Gasteiger partial charge < -0.3 is 15.2 Å². The molecule has 3 rings (SSSR count). The number of fused-ring (bicyclic) bond motifs is 1. The van der Waals surface area contributed by atoms with Crippen LogP contribution in [0.5, 0.6) is 5.88 Å². The number of aromatic amines is 1. The normalized spacial score (nSPS) is 15.8. The highest BCUT2D eigenvalue weighted by molar-refractivity contribution is 5.73. The summed E-state index contributed by atoms with van der Waals surface area (Å²) in [6.07, 6.45) is -0.154. The van der Waals surface area contributed by atoms with Gasteiger partial charge in [0.25, 0.3) is 0 Å². The molecule has 1 aromatic heterocycles. The number of nitrogens with zero attached hydrogens (tertiary/aromatic N) is 2. The number of benzene rings is 1. The zero-order valence-corrected chi connectivity index (χ0v) is 13.7. The third-order valence-electron chi connectivity index (χ3n) is 3.92. The van der Waals surface area contributed by atoms with Crippen LogP contribution in [0.15, 0.2) is 29.7 Å². The standard InChI is InChI=1S/C17H14F2N4O3/c1-2-25-13(24)6-12-15-14(8-3-4-10(18)11(19)5-8)9(7-20)16(21)26-17(15)23-22-12/h3-5,14H,2,6,21H2,1H3,(H,22,23). The number of rotatable bonds is 4. The number of hydrogen-bond acceptors (Lipinski definition) is 6. The Morgan fingerprint density at radius 3 is 2.88 bits per heavy atom. The van der Waals surface area contributed by atoms with Gasteiger partial charge >= 0.3 is 5.97 Å². The van der Waals surface area contributed by atoms with Gasteiger partial charge in [-0.05, 0) is 24.6 Å². The molecule has 0 radical (unpaired) electrons. The van der Waals surface area contributed by atoms with Crippen LogP contribution in [0, 0.1) is 23.0 Å². The Morgan fingerprint density at radius 2 is 2.23 bits per heavy atom. The van der Waals surface area contributed by atoms with Crippen LogP contribution < -0.4 is 10.5 Å². The van der Waals surface area contributed by atoms with Crippen LogP contribution in [0.25, 0.3) is 0 Å². The first kappa shape index (κ1) is 17.4. The van der Waals surface area contributed by atoms with Crippen molar-refractivity contribution in [3.8, 4) is 11.9 Å². The second-order valence-corrected chi connectivity index (χ2v) is 5.50. The Labute approximate surface area is 147 Å². The van der Waals surface area contributed by atoms with Crippen LogP contribution in [0.3, 0.4) is 0 Å². The lowest BCUT2D eigenvalue weighted by Gasteiger charge is -2.24. The Hall–Kier alpha value is -3.41. The molecule has 26 heavy (non-hydrogen) atoms. The minimum atomic E-state index is -1.07. The van der Waals surface area contributed by atoms with Crippen molar-refractivity contribution >= 4 is 5.97 Å². The number of halogens is 2. The molecule has 0 fully saturated rings. The summed E-state index contributed by atoms with van der Waals surface area (Å²) in [4.78, 5) is 11.8. The number of esters is 1. The first-order valence-electron chi connectivity index (χ1n) is 7.71. The summed E-state index contributed by atoms with van der Waals surface area (Å²) < 4.78 is 37.3. The van der Waals surface area contributed by atoms with Gasteiger partial charge in [0.05, 0.1) is 30.2 Å². The number of nitriles is 1. The summed E-state index contributed by atoms with van der Waals surface area (Å²) in [6.45, 7) is 1.87. The first-order chi connectivity index (χ1) is 12.5. The van der Waals surface area contributed by atoms with Crippen LogP contribution >= 0.6 is 0 Å². The number of allylic oxidation sites excluding steroid dienone is 1. The van der Waals surface area contributed by atoms with Gasteiger partial charge in [0.2, 0.25) is 11.8 Å². The molecule has 1 unspecified atom stereocenters. The van der Waals surface area contributed by atoms with Crippen molar-refractivity contribution in [2.24, 2.45) is 5.73 Å². The van der Waals surface area contributed by atoms with E-state index in [2.05, 4.69) is 10.2 Å². The maximum atomic E-state index is 13.7. The van der Waals surface area contributed by atoms with Crippen molar-refractivity contribution in [1.82, 2.24) is 10.2 Å². The molecule has 1 aliphatic heterocycles. The molecule has 0 saturated carbocycles. The molecular weight excluding hydrogens is 346 g/mol. The summed E-state index contributed by atoms with van der Waals surface area (Å²) >= 11 is 0. The maximum absolute atomic E-state index is 13.7. The molecule has 3 N–H and O–H groups in total. The predicted octanol–water partition coefficient (Wildman–Crippen LogP) is 2.01. The van der Waals surface area contributed by atoms with E-state index in [1.807, 2.05) is 6.07 Å². The Balaban J connectivity index is 2.13. The molecule has 0 spiro atoms. The third-order valence-corrected chi connectivity index (χ3v) is 3.92. The van der Waals surface area contributed by atoms with E-state index in [0.29, 0.717) is 11.3 Å². The lowest BCUT2D eigenvalue weighted by molar-refractivity contribution is -0.142. The van der Waals surface area contributed by atoms with Gasteiger partial charge in [-0.25, -0.2) is 8.78 Å². The van der Waals surface area contributed by atoms with Crippen LogP contribution in [0.1, 0.15) is 29.7 Å². The van der Waals surface area contributed by atoms with Gasteiger partial charge in [0.1, 0.15) is 11.6 Å². The molecule has 0 aliphatic carbocycles. The van der Waals surface area contributed by atoms with E-state index in [4.69, 9.17) is 15.2 Å². The highest BCUT2D eigenvalue weighted by Gasteiger charge is 2.36. The Kier molecular flexibility index (Phi) is 4.58. The average molecular weight is 360 g/mol. The van der Waals surface area contributed by atoms with E-state index in [-0.39, 0.29) is 35.9 Å². The lowest BCUT2D eigenvalue weighted by Crippen LogP contribution is -2.22. The van der Waals surface area contributed by atoms with Crippen molar-refractivity contribution in [2.45, 2.75) is 19.3 Å². The molecule has 0 bridgehead atoms. The fourth-order valence-electron chi connectivity index (χ4n) is 2.83. The van der Waals surface area contributed by atoms with Crippen LogP contribution in [-0.2, 0) is 16.0 Å². The molecule has 2 aromatic rings. The van der Waals surface area contributed by atoms with Crippen molar-refractivity contribution in [3.05, 3.63) is 58.1 Å². The fourth-order valence-corrected chi connectivity index (χ4v) is 2.83. The zero-order valence-electron chi connectivity index (χ0n) is 13.7. The minimum absolute atomic E-state index is 0.00928. The number of H-pyrrole nitrogens is 1. The highest BCUT2D eigenvalue weighted by atomic mass is 19.2. The van der Waals surface area contributed by atoms with E-state index < -0.39 is 23.5 Å². The van der Waals surface area contributed by atoms with E-state index in [1.165, 1.54) is 6.07 Å². The van der Waals surface area contributed by atoms with Gasteiger partial charge in [-0.2, -0.15) is 5.26 Å². The highest BCUT2D eigenvalue weighted by Crippen LogP contribution is 2.43.